The van der Waals surface area contributed by atoms with E-state index in [-0.39, 0.29) is 17.7 Å². The largest absolute Gasteiger partial charge is 0.355 e. The smallest absolute Gasteiger partial charge is 0.272 e. The Morgan fingerprint density at radius 3 is 2.21 bits per heavy atom. The normalized spacial score (nSPS) is 13.8. The van der Waals surface area contributed by atoms with Crippen LogP contribution in [0.1, 0.15) is 24.3 Å². The Morgan fingerprint density at radius 2 is 1.54 bits per heavy atom. The number of pyridine rings is 1. The minimum Gasteiger partial charge on any atom is -0.355 e. The van der Waals surface area contributed by atoms with E-state index in [0.717, 1.165) is 11.4 Å². The number of hydrogen-bond acceptors (Lipinski definition) is 5. The average Bonchev–Trinajstić information content (AvgIpc) is 2.67. The topological polar surface area (TPSA) is 94.6 Å². The maximum atomic E-state index is 12.7. The third-order valence-corrected chi connectivity index (χ3v) is 4.46. The van der Waals surface area contributed by atoms with Gasteiger partial charge in [0.05, 0.1) is 0 Å². The first kappa shape index (κ1) is 19.3. The molecule has 2 N–H and O–H groups in total. The summed E-state index contributed by atoms with van der Waals surface area (Å²) in [6, 6.07) is 10.8. The highest BCUT2D eigenvalue weighted by Crippen LogP contribution is 2.21. The third-order valence-electron chi connectivity index (χ3n) is 4.46. The maximum Gasteiger partial charge on any atom is 0.272 e. The quantitative estimate of drug-likeness (QED) is 0.846. The van der Waals surface area contributed by atoms with Crippen molar-refractivity contribution in [2.45, 2.75) is 13.8 Å². The number of carbonyl (C=O) groups is 3. The third kappa shape index (κ3) is 4.85. The number of nitrogens with one attached hydrogen (secondary N) is 2. The molecule has 3 rings (SSSR count). The number of anilines is 3. The predicted molar refractivity (Wildman–Crippen MR) is 106 cm³/mol. The van der Waals surface area contributed by atoms with Gasteiger partial charge in [-0.2, -0.15) is 0 Å². The Kier molecular flexibility index (Phi) is 5.88. The summed E-state index contributed by atoms with van der Waals surface area (Å²) in [5.74, 6) is -0.268. The molecule has 0 aliphatic carbocycles. The Hall–Kier alpha value is -3.42. The molecule has 0 unspecified atom stereocenters. The van der Waals surface area contributed by atoms with Gasteiger partial charge in [-0.15, -0.1) is 0 Å². The van der Waals surface area contributed by atoms with Crippen LogP contribution in [0, 0.1) is 0 Å². The Bertz CT molecular complexity index is 891. The van der Waals surface area contributed by atoms with Gasteiger partial charge >= 0.3 is 0 Å². The second-order valence-corrected chi connectivity index (χ2v) is 6.62. The second-order valence-electron chi connectivity index (χ2n) is 6.62. The van der Waals surface area contributed by atoms with Gasteiger partial charge in [0.2, 0.25) is 11.8 Å². The molecule has 0 radical (unpaired) electrons. The molecule has 8 nitrogen and oxygen atoms in total. The first-order valence-electron chi connectivity index (χ1n) is 9.08. The molecule has 0 spiro atoms. The predicted octanol–water partition coefficient (Wildman–Crippen LogP) is 2.09. The monoisotopic (exact) mass is 381 g/mol. The molecule has 1 aromatic carbocycles. The van der Waals surface area contributed by atoms with Crippen LogP contribution < -0.4 is 10.6 Å². The van der Waals surface area contributed by atoms with Crippen LogP contribution >= 0.6 is 0 Å². The molecule has 1 aliphatic heterocycles. The fraction of sp³-hybridized carbons (Fsp3) is 0.300. The lowest BCUT2D eigenvalue weighted by Gasteiger charge is -2.34. The number of piperazine rings is 1. The number of hydrogen-bond donors (Lipinski definition) is 2. The van der Waals surface area contributed by atoms with Gasteiger partial charge in [-0.25, -0.2) is 0 Å². The van der Waals surface area contributed by atoms with Crippen molar-refractivity contribution in [1.82, 2.24) is 14.8 Å². The molecule has 2 aromatic rings. The molecule has 2 heterocycles. The van der Waals surface area contributed by atoms with Crippen molar-refractivity contribution in [2.24, 2.45) is 0 Å². The lowest BCUT2D eigenvalue weighted by atomic mass is 10.2. The molecule has 1 saturated heterocycles. The van der Waals surface area contributed by atoms with E-state index in [1.54, 1.807) is 34.2 Å². The fourth-order valence-corrected chi connectivity index (χ4v) is 3.06. The van der Waals surface area contributed by atoms with E-state index in [1.165, 1.54) is 13.8 Å². The van der Waals surface area contributed by atoms with Crippen LogP contribution in [0.5, 0.6) is 0 Å². The van der Waals surface area contributed by atoms with Crippen LogP contribution in [-0.4, -0.2) is 58.7 Å². The molecule has 1 aromatic heterocycles. The van der Waals surface area contributed by atoms with Crippen LogP contribution in [0.3, 0.4) is 0 Å². The molecule has 3 amide bonds. The van der Waals surface area contributed by atoms with Crippen LogP contribution in [0.15, 0.2) is 42.6 Å². The van der Waals surface area contributed by atoms with Gasteiger partial charge in [-0.3, -0.25) is 19.4 Å². The molecule has 28 heavy (non-hydrogen) atoms. The van der Waals surface area contributed by atoms with Gasteiger partial charge in [0.25, 0.3) is 5.91 Å². The summed E-state index contributed by atoms with van der Waals surface area (Å²) in [6.07, 6.45) is 1.58. The molecule has 8 heteroatoms. The number of carbonyl (C=O) groups excluding carboxylic acids is 3. The highest BCUT2D eigenvalue weighted by molar-refractivity contribution is 5.93. The van der Waals surface area contributed by atoms with E-state index in [1.807, 2.05) is 18.2 Å². The Balaban J connectivity index is 1.68. The second kappa shape index (κ2) is 8.51. The lowest BCUT2D eigenvalue weighted by Crippen LogP contribution is -2.50. The van der Waals surface area contributed by atoms with Crippen molar-refractivity contribution in [3.63, 3.8) is 0 Å². The van der Waals surface area contributed by atoms with Crippen molar-refractivity contribution >= 4 is 34.8 Å². The van der Waals surface area contributed by atoms with Crippen LogP contribution in [0.4, 0.5) is 17.1 Å². The van der Waals surface area contributed by atoms with Gasteiger partial charge < -0.3 is 20.4 Å². The molecular weight excluding hydrogens is 358 g/mol. The number of benzene rings is 1. The van der Waals surface area contributed by atoms with E-state index in [2.05, 4.69) is 15.6 Å². The summed E-state index contributed by atoms with van der Waals surface area (Å²) in [4.78, 5) is 43.0. The maximum absolute atomic E-state index is 12.7. The van der Waals surface area contributed by atoms with Crippen molar-refractivity contribution in [1.29, 1.82) is 0 Å². The summed E-state index contributed by atoms with van der Waals surface area (Å²) in [7, 11) is 0. The zero-order valence-corrected chi connectivity index (χ0v) is 15.9. The molecule has 1 fully saturated rings. The van der Waals surface area contributed by atoms with E-state index in [9.17, 15) is 14.4 Å². The average molecular weight is 381 g/mol. The van der Waals surface area contributed by atoms with Crippen molar-refractivity contribution in [3.8, 4) is 0 Å². The summed E-state index contributed by atoms with van der Waals surface area (Å²) in [5, 5.41) is 5.96. The minimum atomic E-state index is -0.154. The van der Waals surface area contributed by atoms with Crippen molar-refractivity contribution < 1.29 is 14.4 Å². The first-order chi connectivity index (χ1) is 13.4. The van der Waals surface area contributed by atoms with E-state index in [0.29, 0.717) is 37.6 Å². The Labute approximate surface area is 163 Å². The minimum absolute atomic E-state index is 0.0258. The summed E-state index contributed by atoms with van der Waals surface area (Å²) in [6.45, 7) is 5.06. The summed E-state index contributed by atoms with van der Waals surface area (Å²) in [5.41, 5.74) is 2.54. The van der Waals surface area contributed by atoms with E-state index >= 15 is 0 Å². The number of rotatable bonds is 4. The van der Waals surface area contributed by atoms with Crippen molar-refractivity contribution in [2.75, 3.05) is 36.8 Å². The van der Waals surface area contributed by atoms with Crippen LogP contribution in [0.25, 0.3) is 0 Å². The molecule has 0 atom stereocenters. The first-order valence-corrected chi connectivity index (χ1v) is 9.08. The Morgan fingerprint density at radius 1 is 0.893 bits per heavy atom. The van der Waals surface area contributed by atoms with E-state index in [4.69, 9.17) is 0 Å². The van der Waals surface area contributed by atoms with Gasteiger partial charge in [-0.05, 0) is 30.3 Å². The SMILES string of the molecule is CC(=O)Nc1cccc(Nc2ccnc(C(=O)N3CCN(C(C)=O)CC3)c2)c1. The zero-order chi connectivity index (χ0) is 20.1. The summed E-state index contributed by atoms with van der Waals surface area (Å²) < 4.78 is 0. The van der Waals surface area contributed by atoms with Crippen molar-refractivity contribution in [3.05, 3.63) is 48.3 Å². The standard InChI is InChI=1S/C20H23N5O3/c1-14(26)22-16-4-3-5-17(12-16)23-18-6-7-21-19(13-18)20(28)25-10-8-24(9-11-25)15(2)27/h3-7,12-13H,8-11H2,1-2H3,(H,21,23)(H,22,26). The van der Waals surface area contributed by atoms with Gasteiger partial charge in [-0.1, -0.05) is 6.07 Å². The number of aromatic nitrogens is 1. The summed E-state index contributed by atoms with van der Waals surface area (Å²) >= 11 is 0. The van der Waals surface area contributed by atoms with Gasteiger partial charge in [0.15, 0.2) is 0 Å². The molecule has 0 bridgehead atoms. The van der Waals surface area contributed by atoms with Gasteiger partial charge in [0, 0.05) is 63.3 Å². The zero-order valence-electron chi connectivity index (χ0n) is 15.9. The molecular formula is C20H23N5O3. The van der Waals surface area contributed by atoms with E-state index < -0.39 is 0 Å². The van der Waals surface area contributed by atoms with Crippen LogP contribution in [-0.2, 0) is 9.59 Å². The number of nitrogens with zero attached hydrogens (tertiary/aromatic N) is 3. The molecule has 146 valence electrons. The highest BCUT2D eigenvalue weighted by atomic mass is 16.2. The van der Waals surface area contributed by atoms with Gasteiger partial charge in [0.1, 0.15) is 5.69 Å². The molecule has 0 saturated carbocycles. The fourth-order valence-electron chi connectivity index (χ4n) is 3.06. The number of amides is 3. The highest BCUT2D eigenvalue weighted by Gasteiger charge is 2.24. The van der Waals surface area contributed by atoms with Crippen LogP contribution in [0.2, 0.25) is 0 Å². The lowest BCUT2D eigenvalue weighted by molar-refractivity contribution is -0.130. The molecule has 1 aliphatic rings.